The van der Waals surface area contributed by atoms with Crippen molar-refractivity contribution in [3.63, 3.8) is 0 Å². The Kier molecular flexibility index (Phi) is 7.41. The lowest BCUT2D eigenvalue weighted by Crippen LogP contribution is -2.32. The van der Waals surface area contributed by atoms with Gasteiger partial charge in [-0.15, -0.1) is 0 Å². The van der Waals surface area contributed by atoms with Gasteiger partial charge in [-0.1, -0.05) is 55.8 Å². The molecule has 0 saturated carbocycles. The van der Waals surface area contributed by atoms with Crippen molar-refractivity contribution in [1.82, 2.24) is 10.0 Å². The largest absolute Gasteiger partial charge is 0.349 e. The Bertz CT molecular complexity index is 880. The monoisotopic (exact) mass is 408 g/mol. The summed E-state index contributed by atoms with van der Waals surface area (Å²) in [5.74, 6) is 0.0822. The molecule has 0 aromatic heterocycles. The predicted octanol–water partition coefficient (Wildman–Crippen LogP) is 4.01. The minimum absolute atomic E-state index is 0.0232. The Morgan fingerprint density at radius 3 is 2.26 bits per heavy atom. The lowest BCUT2D eigenvalue weighted by atomic mass is 10.0. The lowest BCUT2D eigenvalue weighted by molar-refractivity contribution is -0.121. The number of hydrogen-bond donors (Lipinski definition) is 2. The number of benzene rings is 2. The first-order valence-corrected chi connectivity index (χ1v) is 10.7. The Balaban J connectivity index is 1.87. The molecule has 27 heavy (non-hydrogen) atoms. The maximum Gasteiger partial charge on any atom is 0.240 e. The van der Waals surface area contributed by atoms with Crippen LogP contribution in [-0.2, 0) is 14.8 Å². The fourth-order valence-corrected chi connectivity index (χ4v) is 3.96. The number of carbonyl (C=O) groups excluding carboxylic acids is 1. The summed E-state index contributed by atoms with van der Waals surface area (Å²) in [5.41, 5.74) is 1.89. The lowest BCUT2D eigenvalue weighted by Gasteiger charge is -2.16. The molecule has 0 aliphatic rings. The van der Waals surface area contributed by atoms with E-state index in [-0.39, 0.29) is 29.8 Å². The van der Waals surface area contributed by atoms with E-state index in [1.54, 1.807) is 30.3 Å². The van der Waals surface area contributed by atoms with Gasteiger partial charge >= 0.3 is 0 Å². The van der Waals surface area contributed by atoms with Gasteiger partial charge in [0.05, 0.1) is 10.9 Å². The van der Waals surface area contributed by atoms with Crippen LogP contribution in [0, 0.1) is 0 Å². The SMILES string of the molecule is CC(C)c1ccc(S(=O)(=O)NCCC(=O)NC(C)c2ccccc2Cl)cc1. The van der Waals surface area contributed by atoms with Gasteiger partial charge in [-0.05, 0) is 42.2 Å². The maximum atomic E-state index is 12.3. The number of nitrogens with one attached hydrogen (secondary N) is 2. The van der Waals surface area contributed by atoms with E-state index in [2.05, 4.69) is 10.0 Å². The van der Waals surface area contributed by atoms with E-state index in [1.165, 1.54) is 0 Å². The van der Waals surface area contributed by atoms with Crippen LogP contribution < -0.4 is 10.0 Å². The average molecular weight is 409 g/mol. The molecule has 2 rings (SSSR count). The maximum absolute atomic E-state index is 12.3. The molecule has 0 spiro atoms. The zero-order valence-electron chi connectivity index (χ0n) is 15.7. The number of sulfonamides is 1. The highest BCUT2D eigenvalue weighted by Crippen LogP contribution is 2.22. The molecule has 1 unspecified atom stereocenters. The molecular weight excluding hydrogens is 384 g/mol. The number of rotatable bonds is 8. The molecule has 0 saturated heterocycles. The van der Waals surface area contributed by atoms with Crippen molar-refractivity contribution < 1.29 is 13.2 Å². The molecule has 0 fully saturated rings. The van der Waals surface area contributed by atoms with Crippen LogP contribution in [0.4, 0.5) is 0 Å². The molecule has 1 atom stereocenters. The second-order valence-corrected chi connectivity index (χ2v) is 8.86. The van der Waals surface area contributed by atoms with Gasteiger partial charge in [-0.2, -0.15) is 0 Å². The standard InChI is InChI=1S/C20H25ClN2O3S/c1-14(2)16-8-10-17(11-9-16)27(25,26)22-13-12-20(24)23-15(3)18-6-4-5-7-19(18)21/h4-11,14-15,22H,12-13H2,1-3H3,(H,23,24). The van der Waals surface area contributed by atoms with Crippen molar-refractivity contribution in [1.29, 1.82) is 0 Å². The van der Waals surface area contributed by atoms with Crippen LogP contribution in [0.2, 0.25) is 5.02 Å². The second-order valence-electron chi connectivity index (χ2n) is 6.68. The van der Waals surface area contributed by atoms with Crippen molar-refractivity contribution in [2.24, 2.45) is 0 Å². The van der Waals surface area contributed by atoms with Gasteiger partial charge in [0.15, 0.2) is 0 Å². The normalized spacial score (nSPS) is 12.8. The molecule has 0 aliphatic heterocycles. The van der Waals surface area contributed by atoms with Gasteiger partial charge in [0.2, 0.25) is 15.9 Å². The number of halogens is 1. The smallest absolute Gasteiger partial charge is 0.240 e. The van der Waals surface area contributed by atoms with Crippen molar-refractivity contribution in [3.8, 4) is 0 Å². The Morgan fingerprint density at radius 2 is 1.67 bits per heavy atom. The van der Waals surface area contributed by atoms with Crippen molar-refractivity contribution in [3.05, 3.63) is 64.7 Å². The molecule has 0 aliphatic carbocycles. The first-order valence-electron chi connectivity index (χ1n) is 8.84. The highest BCUT2D eigenvalue weighted by molar-refractivity contribution is 7.89. The van der Waals surface area contributed by atoms with Crippen molar-refractivity contribution >= 4 is 27.5 Å². The quantitative estimate of drug-likeness (QED) is 0.692. The first-order chi connectivity index (χ1) is 12.7. The molecule has 0 radical (unpaired) electrons. The fourth-order valence-electron chi connectivity index (χ4n) is 2.63. The van der Waals surface area contributed by atoms with Crippen LogP contribution >= 0.6 is 11.6 Å². The third-order valence-corrected chi connectivity index (χ3v) is 6.07. The number of carbonyl (C=O) groups is 1. The average Bonchev–Trinajstić information content (AvgIpc) is 2.61. The van der Waals surface area contributed by atoms with E-state index in [1.807, 2.05) is 39.0 Å². The number of amides is 1. The molecule has 2 N–H and O–H groups in total. The minimum atomic E-state index is -3.64. The van der Waals surface area contributed by atoms with E-state index in [4.69, 9.17) is 11.6 Å². The van der Waals surface area contributed by atoms with Crippen LogP contribution in [0.3, 0.4) is 0 Å². The summed E-state index contributed by atoms with van der Waals surface area (Å²) in [6.07, 6.45) is 0.0398. The molecule has 1 amide bonds. The molecular formula is C20H25ClN2O3S. The molecule has 2 aromatic carbocycles. The van der Waals surface area contributed by atoms with Crippen LogP contribution in [0.1, 0.15) is 50.3 Å². The topological polar surface area (TPSA) is 75.3 Å². The zero-order chi connectivity index (χ0) is 20.0. The van der Waals surface area contributed by atoms with Gasteiger partial charge in [-0.25, -0.2) is 13.1 Å². The third-order valence-electron chi connectivity index (χ3n) is 4.25. The van der Waals surface area contributed by atoms with Gasteiger partial charge in [0.1, 0.15) is 0 Å². The van der Waals surface area contributed by atoms with E-state index >= 15 is 0 Å². The Morgan fingerprint density at radius 1 is 1.04 bits per heavy atom. The molecule has 2 aromatic rings. The van der Waals surface area contributed by atoms with Gasteiger partial charge < -0.3 is 5.32 Å². The first kappa shape index (κ1) is 21.4. The molecule has 146 valence electrons. The van der Waals surface area contributed by atoms with E-state index in [0.717, 1.165) is 11.1 Å². The molecule has 0 bridgehead atoms. The second kappa shape index (κ2) is 9.35. The molecule has 7 heteroatoms. The summed E-state index contributed by atoms with van der Waals surface area (Å²) in [7, 11) is -3.64. The number of hydrogen-bond acceptors (Lipinski definition) is 3. The highest BCUT2D eigenvalue weighted by atomic mass is 35.5. The van der Waals surface area contributed by atoms with Gasteiger partial charge in [0.25, 0.3) is 0 Å². The Labute approximate surface area is 166 Å². The van der Waals surface area contributed by atoms with E-state index in [9.17, 15) is 13.2 Å². The predicted molar refractivity (Wildman–Crippen MR) is 108 cm³/mol. The van der Waals surface area contributed by atoms with Crippen LogP contribution in [0.5, 0.6) is 0 Å². The third kappa shape index (κ3) is 6.06. The summed E-state index contributed by atoms with van der Waals surface area (Å²) in [6, 6.07) is 13.8. The summed E-state index contributed by atoms with van der Waals surface area (Å²) < 4.78 is 27.1. The van der Waals surface area contributed by atoms with Crippen molar-refractivity contribution in [2.45, 2.75) is 44.0 Å². The van der Waals surface area contributed by atoms with E-state index in [0.29, 0.717) is 10.9 Å². The van der Waals surface area contributed by atoms with Crippen molar-refractivity contribution in [2.75, 3.05) is 6.54 Å². The summed E-state index contributed by atoms with van der Waals surface area (Å²) in [4.78, 5) is 12.3. The van der Waals surface area contributed by atoms with Gasteiger partial charge in [-0.3, -0.25) is 4.79 Å². The summed E-state index contributed by atoms with van der Waals surface area (Å²) >= 11 is 6.12. The van der Waals surface area contributed by atoms with E-state index < -0.39 is 10.0 Å². The summed E-state index contributed by atoms with van der Waals surface area (Å²) in [5, 5.41) is 3.40. The van der Waals surface area contributed by atoms with Crippen LogP contribution in [0.25, 0.3) is 0 Å². The minimum Gasteiger partial charge on any atom is -0.349 e. The Hall–Kier alpha value is -1.89. The molecule has 5 nitrogen and oxygen atoms in total. The van der Waals surface area contributed by atoms with Crippen LogP contribution in [-0.4, -0.2) is 20.9 Å². The fraction of sp³-hybridized carbons (Fsp3) is 0.350. The highest BCUT2D eigenvalue weighted by Gasteiger charge is 2.16. The summed E-state index contributed by atoms with van der Waals surface area (Å²) in [6.45, 7) is 5.95. The van der Waals surface area contributed by atoms with Crippen LogP contribution in [0.15, 0.2) is 53.4 Å². The molecule has 0 heterocycles. The zero-order valence-corrected chi connectivity index (χ0v) is 17.3. The van der Waals surface area contributed by atoms with Gasteiger partial charge in [0, 0.05) is 18.0 Å².